The fourth-order valence-electron chi connectivity index (χ4n) is 2.07. The smallest absolute Gasteiger partial charge is 0.273 e. The van der Waals surface area contributed by atoms with E-state index >= 15 is 0 Å². The minimum Gasteiger partial charge on any atom is -0.494 e. The Kier molecular flexibility index (Phi) is 6.32. The van der Waals surface area contributed by atoms with Crippen LogP contribution in [0.5, 0.6) is 5.75 Å². The molecule has 0 bridgehead atoms. The van der Waals surface area contributed by atoms with Crippen LogP contribution in [0.4, 0.5) is 0 Å². The van der Waals surface area contributed by atoms with Crippen LogP contribution in [0, 0.1) is 0 Å². The van der Waals surface area contributed by atoms with Crippen molar-refractivity contribution in [3.8, 4) is 5.75 Å². The molecule has 0 aliphatic carbocycles. The number of ether oxygens (including phenoxy) is 2. The number of methoxy groups -OCH3 is 1. The number of rotatable bonds is 7. The topological polar surface area (TPSA) is 59.9 Å². The number of benzene rings is 2. The zero-order chi connectivity index (χ0) is 16.5. The third kappa shape index (κ3) is 4.93. The maximum Gasteiger partial charge on any atom is 0.273 e. The van der Waals surface area contributed by atoms with E-state index in [9.17, 15) is 4.79 Å². The first-order valence-corrected chi connectivity index (χ1v) is 7.38. The van der Waals surface area contributed by atoms with Crippen LogP contribution >= 0.6 is 0 Å². The van der Waals surface area contributed by atoms with Crippen molar-refractivity contribution in [3.63, 3.8) is 0 Å². The number of hydrogen-bond donors (Lipinski definition) is 1. The van der Waals surface area contributed by atoms with E-state index in [1.54, 1.807) is 6.21 Å². The molecule has 1 atom stereocenters. The van der Waals surface area contributed by atoms with Crippen LogP contribution in [-0.2, 0) is 9.53 Å². The average Bonchev–Trinajstić information content (AvgIpc) is 2.58. The molecule has 2 aromatic rings. The molecular weight excluding hydrogens is 292 g/mol. The van der Waals surface area contributed by atoms with Crippen LogP contribution in [0.3, 0.4) is 0 Å². The predicted molar refractivity (Wildman–Crippen MR) is 89.5 cm³/mol. The number of amides is 1. The lowest BCUT2D eigenvalue weighted by atomic mass is 10.1. The van der Waals surface area contributed by atoms with Gasteiger partial charge in [-0.1, -0.05) is 30.3 Å². The van der Waals surface area contributed by atoms with Gasteiger partial charge < -0.3 is 9.47 Å². The number of nitrogens with zero attached hydrogens (tertiary/aromatic N) is 1. The molecule has 0 saturated heterocycles. The van der Waals surface area contributed by atoms with Gasteiger partial charge in [-0.3, -0.25) is 4.79 Å². The highest BCUT2D eigenvalue weighted by atomic mass is 16.5. The lowest BCUT2D eigenvalue weighted by Crippen LogP contribution is -2.26. The summed E-state index contributed by atoms with van der Waals surface area (Å²) in [4.78, 5) is 12.1. The van der Waals surface area contributed by atoms with E-state index in [4.69, 9.17) is 9.47 Å². The van der Waals surface area contributed by atoms with Crippen molar-refractivity contribution in [2.75, 3.05) is 13.7 Å². The number of carbonyl (C=O) groups excluding carboxylic acids is 1. The minimum absolute atomic E-state index is 0.319. The van der Waals surface area contributed by atoms with Gasteiger partial charge in [0.25, 0.3) is 5.91 Å². The summed E-state index contributed by atoms with van der Waals surface area (Å²) in [6.07, 6.45) is 0.888. The SMILES string of the molecule is CCOc1ccc(/C=N\NC(=O)[C@@H](OC)c2ccccc2)cc1. The number of hydrogen-bond acceptors (Lipinski definition) is 4. The van der Waals surface area contributed by atoms with Gasteiger partial charge in [-0.2, -0.15) is 5.10 Å². The lowest BCUT2D eigenvalue weighted by Gasteiger charge is -2.13. The molecule has 0 radical (unpaired) electrons. The largest absolute Gasteiger partial charge is 0.494 e. The van der Waals surface area contributed by atoms with E-state index in [0.717, 1.165) is 16.9 Å². The molecule has 0 heterocycles. The molecule has 0 spiro atoms. The second-order valence-electron chi connectivity index (χ2n) is 4.76. The van der Waals surface area contributed by atoms with Crippen LogP contribution in [0.1, 0.15) is 24.2 Å². The van der Waals surface area contributed by atoms with Gasteiger partial charge in [0.15, 0.2) is 6.10 Å². The van der Waals surface area contributed by atoms with Crippen molar-refractivity contribution in [1.82, 2.24) is 5.43 Å². The highest BCUT2D eigenvalue weighted by Crippen LogP contribution is 2.16. The first kappa shape index (κ1) is 16.7. The van der Waals surface area contributed by atoms with Gasteiger partial charge in [0, 0.05) is 7.11 Å². The Hall–Kier alpha value is -2.66. The normalized spacial score (nSPS) is 12.1. The molecule has 0 aliphatic heterocycles. The molecule has 0 fully saturated rings. The van der Waals surface area contributed by atoms with Crippen LogP contribution in [0.2, 0.25) is 0 Å². The van der Waals surface area contributed by atoms with E-state index in [-0.39, 0.29) is 5.91 Å². The van der Waals surface area contributed by atoms with Crippen LogP contribution in [0.15, 0.2) is 59.7 Å². The van der Waals surface area contributed by atoms with E-state index in [0.29, 0.717) is 6.61 Å². The van der Waals surface area contributed by atoms with Gasteiger partial charge in [0.1, 0.15) is 5.75 Å². The van der Waals surface area contributed by atoms with Crippen LogP contribution in [0.25, 0.3) is 0 Å². The Morgan fingerprint density at radius 2 is 1.87 bits per heavy atom. The number of hydrazone groups is 1. The molecule has 1 N–H and O–H groups in total. The Balaban J connectivity index is 1.94. The van der Waals surface area contributed by atoms with Gasteiger partial charge in [-0.25, -0.2) is 5.43 Å². The van der Waals surface area contributed by atoms with E-state index < -0.39 is 6.10 Å². The maximum absolute atomic E-state index is 12.1. The lowest BCUT2D eigenvalue weighted by molar-refractivity contribution is -0.131. The molecule has 0 saturated carbocycles. The average molecular weight is 312 g/mol. The first-order chi connectivity index (χ1) is 11.2. The fraction of sp³-hybridized carbons (Fsp3) is 0.222. The molecule has 0 aliphatic rings. The third-order valence-corrected chi connectivity index (χ3v) is 3.16. The highest BCUT2D eigenvalue weighted by molar-refractivity contribution is 5.85. The Labute approximate surface area is 135 Å². The molecule has 5 heteroatoms. The fourth-order valence-corrected chi connectivity index (χ4v) is 2.07. The van der Waals surface area contributed by atoms with Crippen molar-refractivity contribution in [2.45, 2.75) is 13.0 Å². The Bertz CT molecular complexity index is 639. The summed E-state index contributed by atoms with van der Waals surface area (Å²) in [5, 5.41) is 3.97. The number of nitrogens with one attached hydrogen (secondary N) is 1. The second kappa shape index (κ2) is 8.70. The van der Waals surface area contributed by atoms with Crippen molar-refractivity contribution >= 4 is 12.1 Å². The summed E-state index contributed by atoms with van der Waals surface area (Å²) in [5.74, 6) is 0.484. The monoisotopic (exact) mass is 312 g/mol. The van der Waals surface area contributed by atoms with E-state index in [2.05, 4.69) is 10.5 Å². The first-order valence-electron chi connectivity index (χ1n) is 7.38. The van der Waals surface area contributed by atoms with Crippen molar-refractivity contribution in [2.24, 2.45) is 5.10 Å². The summed E-state index contributed by atoms with van der Waals surface area (Å²) in [5.41, 5.74) is 4.14. The quantitative estimate of drug-likeness (QED) is 0.631. The zero-order valence-corrected chi connectivity index (χ0v) is 13.2. The minimum atomic E-state index is -0.686. The van der Waals surface area contributed by atoms with Crippen molar-refractivity contribution in [1.29, 1.82) is 0 Å². The Morgan fingerprint density at radius 3 is 2.48 bits per heavy atom. The molecule has 2 aromatic carbocycles. The zero-order valence-electron chi connectivity index (χ0n) is 13.2. The molecule has 23 heavy (non-hydrogen) atoms. The molecule has 5 nitrogen and oxygen atoms in total. The van der Waals surface area contributed by atoms with E-state index in [1.807, 2.05) is 61.5 Å². The summed E-state index contributed by atoms with van der Waals surface area (Å²) in [7, 11) is 1.49. The molecular formula is C18H20N2O3. The molecule has 2 rings (SSSR count). The standard InChI is InChI=1S/C18H20N2O3/c1-3-23-16-11-9-14(10-12-16)13-19-20-18(21)17(22-2)15-7-5-4-6-8-15/h4-13,17H,3H2,1-2H3,(H,20,21)/b19-13-/t17-/m0/s1. The van der Waals surface area contributed by atoms with Gasteiger partial charge in [-0.05, 0) is 42.3 Å². The summed E-state index contributed by atoms with van der Waals surface area (Å²) < 4.78 is 10.6. The van der Waals surface area contributed by atoms with Crippen LogP contribution < -0.4 is 10.2 Å². The summed E-state index contributed by atoms with van der Waals surface area (Å²) in [6, 6.07) is 16.7. The third-order valence-electron chi connectivity index (χ3n) is 3.16. The predicted octanol–water partition coefficient (Wildman–Crippen LogP) is 2.92. The van der Waals surface area contributed by atoms with Crippen LogP contribution in [-0.4, -0.2) is 25.8 Å². The highest BCUT2D eigenvalue weighted by Gasteiger charge is 2.18. The maximum atomic E-state index is 12.1. The summed E-state index contributed by atoms with van der Waals surface area (Å²) >= 11 is 0. The molecule has 0 unspecified atom stereocenters. The van der Waals surface area contributed by atoms with Gasteiger partial charge in [0.2, 0.25) is 0 Å². The van der Waals surface area contributed by atoms with Gasteiger partial charge in [0.05, 0.1) is 12.8 Å². The Morgan fingerprint density at radius 1 is 1.17 bits per heavy atom. The van der Waals surface area contributed by atoms with Crippen molar-refractivity contribution in [3.05, 3.63) is 65.7 Å². The molecule has 1 amide bonds. The molecule has 120 valence electrons. The second-order valence-corrected chi connectivity index (χ2v) is 4.76. The van der Waals surface area contributed by atoms with E-state index in [1.165, 1.54) is 7.11 Å². The number of carbonyl (C=O) groups is 1. The van der Waals surface area contributed by atoms with Crippen molar-refractivity contribution < 1.29 is 14.3 Å². The molecule has 0 aromatic heterocycles. The van der Waals surface area contributed by atoms with Gasteiger partial charge in [-0.15, -0.1) is 0 Å². The van der Waals surface area contributed by atoms with Gasteiger partial charge >= 0.3 is 0 Å². The summed E-state index contributed by atoms with van der Waals surface area (Å²) in [6.45, 7) is 2.56.